The normalized spacial score (nSPS) is 18.6. The Morgan fingerprint density at radius 3 is 2.72 bits per heavy atom. The molecule has 5 N–H and O–H groups in total. The second-order valence-corrected chi connectivity index (χ2v) is 8.72. The highest BCUT2D eigenvalue weighted by Crippen LogP contribution is 2.33. The zero-order valence-corrected chi connectivity index (χ0v) is 18.9. The molecule has 3 atom stereocenters. The van der Waals surface area contributed by atoms with Gasteiger partial charge >= 0.3 is 6.18 Å². The third-order valence-corrected chi connectivity index (χ3v) is 6.56. The van der Waals surface area contributed by atoms with Gasteiger partial charge in [-0.3, -0.25) is 14.5 Å². The van der Waals surface area contributed by atoms with E-state index >= 15 is 0 Å². The number of nitrogens with one attached hydrogen (secondary N) is 1. The molecule has 0 saturated carbocycles. The summed E-state index contributed by atoms with van der Waals surface area (Å²) in [7, 11) is 0. The summed E-state index contributed by atoms with van der Waals surface area (Å²) >= 11 is 1.02. The SMILES string of the molecule is Nc1nsc2c1ccc1nc([C@H](O)[C@H]3OCCN(c4cccc(C(O)C(F)(F)F)n4)C3=O)[nH]c(=O)c12. The number of carbonyl (C=O) groups excluding carboxylic acids is 1. The number of ether oxygens (including phenoxy) is 1. The largest absolute Gasteiger partial charge is 0.420 e. The minimum Gasteiger partial charge on any atom is -0.382 e. The molecule has 1 aliphatic heterocycles. The van der Waals surface area contributed by atoms with Gasteiger partial charge in [0.15, 0.2) is 12.2 Å². The molecule has 0 aliphatic carbocycles. The Labute approximate surface area is 203 Å². The van der Waals surface area contributed by atoms with Crippen LogP contribution in [0.15, 0.2) is 35.1 Å². The summed E-state index contributed by atoms with van der Waals surface area (Å²) in [6, 6.07) is 6.66. The maximum absolute atomic E-state index is 13.1. The number of benzene rings is 1. The topological polar surface area (TPSA) is 168 Å². The zero-order chi connectivity index (χ0) is 25.8. The molecule has 15 heteroatoms. The van der Waals surface area contributed by atoms with Crippen molar-refractivity contribution < 1.29 is 32.9 Å². The number of halogens is 3. The fourth-order valence-electron chi connectivity index (χ4n) is 3.91. The minimum absolute atomic E-state index is 0.0624. The van der Waals surface area contributed by atoms with E-state index in [-0.39, 0.29) is 41.5 Å². The van der Waals surface area contributed by atoms with Crippen molar-refractivity contribution in [1.82, 2.24) is 19.3 Å². The van der Waals surface area contributed by atoms with Gasteiger partial charge in [-0.05, 0) is 35.8 Å². The first kappa shape index (κ1) is 24.1. The highest BCUT2D eigenvalue weighted by atomic mass is 32.1. The van der Waals surface area contributed by atoms with Crippen LogP contribution in [0.5, 0.6) is 0 Å². The lowest BCUT2D eigenvalue weighted by molar-refractivity contribution is -0.207. The van der Waals surface area contributed by atoms with E-state index < -0.39 is 41.6 Å². The van der Waals surface area contributed by atoms with Crippen LogP contribution in [0.3, 0.4) is 0 Å². The lowest BCUT2D eigenvalue weighted by Gasteiger charge is -2.33. The predicted octanol–water partition coefficient (Wildman–Crippen LogP) is 1.57. The number of H-pyrrole nitrogens is 1. The third kappa shape index (κ3) is 4.05. The highest BCUT2D eigenvalue weighted by Gasteiger charge is 2.42. The van der Waals surface area contributed by atoms with Gasteiger partial charge in [-0.25, -0.2) is 9.97 Å². The summed E-state index contributed by atoms with van der Waals surface area (Å²) in [5.74, 6) is -0.944. The van der Waals surface area contributed by atoms with Crippen molar-refractivity contribution in [2.75, 3.05) is 23.8 Å². The standard InChI is InChI=1S/C21H17F3N6O5S/c22-21(23,24)16(32)10-2-1-3-11(26-10)30-6-7-35-14(20(30)34)13(31)18-27-9-5-4-8-15(36-29-17(8)25)12(9)19(33)28-18/h1-5,13-14,16,31-32H,6-7H2,(H2,25,29)(H,27,28,33)/t13-,14-,16?/m1/s1. The molecule has 1 unspecified atom stereocenters. The Kier molecular flexibility index (Phi) is 5.86. The van der Waals surface area contributed by atoms with E-state index in [1.165, 1.54) is 18.2 Å². The molecule has 4 aromatic rings. The van der Waals surface area contributed by atoms with Gasteiger partial charge in [0.05, 0.1) is 34.4 Å². The highest BCUT2D eigenvalue weighted by molar-refractivity contribution is 7.14. The van der Waals surface area contributed by atoms with Gasteiger partial charge in [-0.2, -0.15) is 17.5 Å². The molecule has 1 fully saturated rings. The molecule has 0 spiro atoms. The van der Waals surface area contributed by atoms with Crippen LogP contribution in [0.2, 0.25) is 0 Å². The van der Waals surface area contributed by atoms with Gasteiger partial charge in [0.2, 0.25) is 0 Å². The molecule has 1 saturated heterocycles. The van der Waals surface area contributed by atoms with Crippen molar-refractivity contribution in [3.63, 3.8) is 0 Å². The lowest BCUT2D eigenvalue weighted by atomic mass is 10.1. The summed E-state index contributed by atoms with van der Waals surface area (Å²) in [5.41, 5.74) is 4.77. The number of aliphatic hydroxyl groups is 2. The molecule has 1 amide bonds. The quantitative estimate of drug-likeness (QED) is 0.311. The Morgan fingerprint density at radius 1 is 1.19 bits per heavy atom. The van der Waals surface area contributed by atoms with Gasteiger partial charge in [-0.1, -0.05) is 6.07 Å². The molecule has 36 heavy (non-hydrogen) atoms. The Morgan fingerprint density at radius 2 is 1.97 bits per heavy atom. The number of anilines is 2. The van der Waals surface area contributed by atoms with Crippen molar-refractivity contribution in [3.8, 4) is 0 Å². The van der Waals surface area contributed by atoms with Gasteiger partial charge in [0.1, 0.15) is 23.6 Å². The average Bonchev–Trinajstić information content (AvgIpc) is 3.23. The van der Waals surface area contributed by atoms with E-state index in [4.69, 9.17) is 10.5 Å². The van der Waals surface area contributed by atoms with Crippen LogP contribution >= 0.6 is 11.5 Å². The number of aromatic nitrogens is 4. The number of hydrogen-bond donors (Lipinski definition) is 4. The predicted molar refractivity (Wildman–Crippen MR) is 122 cm³/mol. The third-order valence-electron chi connectivity index (χ3n) is 5.67. The second kappa shape index (κ2) is 8.77. The van der Waals surface area contributed by atoms with Gasteiger partial charge in [0, 0.05) is 5.39 Å². The molecular weight excluding hydrogens is 505 g/mol. The number of nitrogens with zero attached hydrogens (tertiary/aromatic N) is 4. The number of fused-ring (bicyclic) bond motifs is 3. The van der Waals surface area contributed by atoms with E-state index in [0.29, 0.717) is 10.1 Å². The van der Waals surface area contributed by atoms with Gasteiger partial charge < -0.3 is 25.7 Å². The fourth-order valence-corrected chi connectivity index (χ4v) is 4.76. The summed E-state index contributed by atoms with van der Waals surface area (Å²) < 4.78 is 48.7. The molecule has 0 radical (unpaired) electrons. The minimum atomic E-state index is -4.94. The van der Waals surface area contributed by atoms with Crippen molar-refractivity contribution in [2.45, 2.75) is 24.5 Å². The first-order valence-corrected chi connectivity index (χ1v) is 11.2. The van der Waals surface area contributed by atoms with Crippen LogP contribution in [-0.4, -0.2) is 60.9 Å². The van der Waals surface area contributed by atoms with Crippen LogP contribution in [-0.2, 0) is 9.53 Å². The number of morpholine rings is 1. The summed E-state index contributed by atoms with van der Waals surface area (Å²) in [6.45, 7) is -0.146. The number of rotatable bonds is 4. The Bertz CT molecular complexity index is 1540. The molecule has 1 aromatic carbocycles. The van der Waals surface area contributed by atoms with Crippen LogP contribution in [0, 0.1) is 0 Å². The van der Waals surface area contributed by atoms with E-state index in [9.17, 15) is 33.0 Å². The van der Waals surface area contributed by atoms with Crippen LogP contribution in [0.1, 0.15) is 23.7 Å². The molecule has 1 aliphatic rings. The first-order valence-electron chi connectivity index (χ1n) is 10.5. The number of hydrogen-bond acceptors (Lipinski definition) is 10. The van der Waals surface area contributed by atoms with E-state index in [1.54, 1.807) is 6.07 Å². The van der Waals surface area contributed by atoms with Crippen molar-refractivity contribution in [3.05, 3.63) is 52.2 Å². The number of aliphatic hydroxyl groups excluding tert-OH is 2. The molecule has 4 heterocycles. The summed E-state index contributed by atoms with van der Waals surface area (Å²) in [6.07, 6.45) is -11.0. The maximum atomic E-state index is 13.1. The fraction of sp³-hybridized carbons (Fsp3) is 0.286. The van der Waals surface area contributed by atoms with Crippen molar-refractivity contribution >= 4 is 50.1 Å². The number of carbonyl (C=O) groups is 1. The molecule has 188 valence electrons. The number of nitrogens with two attached hydrogens (primary N) is 1. The number of aromatic amines is 1. The molecule has 11 nitrogen and oxygen atoms in total. The summed E-state index contributed by atoms with van der Waals surface area (Å²) in [5, 5.41) is 21.2. The zero-order valence-electron chi connectivity index (χ0n) is 18.1. The molecule has 5 rings (SSSR count). The number of pyridine rings is 1. The van der Waals surface area contributed by atoms with E-state index in [0.717, 1.165) is 22.5 Å². The van der Waals surface area contributed by atoms with Gasteiger partial charge in [0.25, 0.3) is 11.5 Å². The summed E-state index contributed by atoms with van der Waals surface area (Å²) in [4.78, 5) is 37.5. The van der Waals surface area contributed by atoms with Crippen LogP contribution in [0.25, 0.3) is 21.0 Å². The number of alkyl halides is 3. The molecular formula is C21H17F3N6O5S. The van der Waals surface area contributed by atoms with Crippen molar-refractivity contribution in [1.29, 1.82) is 0 Å². The van der Waals surface area contributed by atoms with Crippen LogP contribution in [0.4, 0.5) is 24.8 Å². The van der Waals surface area contributed by atoms with E-state index in [2.05, 4.69) is 19.3 Å². The van der Waals surface area contributed by atoms with Gasteiger partial charge in [-0.15, -0.1) is 0 Å². The van der Waals surface area contributed by atoms with Crippen molar-refractivity contribution in [2.24, 2.45) is 0 Å². The second-order valence-electron chi connectivity index (χ2n) is 7.95. The smallest absolute Gasteiger partial charge is 0.382 e. The number of amides is 1. The molecule has 3 aromatic heterocycles. The average molecular weight is 522 g/mol. The lowest BCUT2D eigenvalue weighted by Crippen LogP contribution is -2.51. The first-order chi connectivity index (χ1) is 17.1. The monoisotopic (exact) mass is 522 g/mol. The number of nitrogen functional groups attached to an aromatic ring is 1. The Balaban J connectivity index is 1.46. The van der Waals surface area contributed by atoms with Crippen LogP contribution < -0.4 is 16.2 Å². The van der Waals surface area contributed by atoms with E-state index in [1.807, 2.05) is 0 Å². The maximum Gasteiger partial charge on any atom is 0.420 e. The molecule has 0 bridgehead atoms. The Hall–Kier alpha value is -3.66.